The second-order valence-corrected chi connectivity index (χ2v) is 13.0. The van der Waals surface area contributed by atoms with Gasteiger partial charge in [-0.2, -0.15) is 0 Å². The molecule has 0 saturated carbocycles. The van der Waals surface area contributed by atoms with Gasteiger partial charge in [-0.1, -0.05) is 107 Å². The van der Waals surface area contributed by atoms with Crippen molar-refractivity contribution < 1.29 is 19.1 Å². The Hall–Kier alpha value is -4.17. The standard InChI is InChI=1S/C38H50N4O4/c1-28(2)19-20-35(43)36(40-37(44)33(25-29(3)4)39-38(45)46-27-31-15-9-6-10-16-31)42-24-23-41(22-21-30-13-7-5-8-14-30)34-18-12-11-17-32(34)26-42/h5-18,28-29,33,36H,19-27H2,1-4H3,(H,39,45)(H,40,44)/t33-,36?/m0/s1. The fraction of sp³-hybridized carbons (Fsp3) is 0.447. The summed E-state index contributed by atoms with van der Waals surface area (Å²) in [7, 11) is 0. The number of hydrogen-bond donors (Lipinski definition) is 2. The Morgan fingerprint density at radius 1 is 0.783 bits per heavy atom. The number of anilines is 1. The van der Waals surface area contributed by atoms with Gasteiger partial charge in [0.05, 0.1) is 0 Å². The SMILES string of the molecule is CC(C)CCC(=O)C(NC(=O)[C@H](CC(C)C)NC(=O)OCc1ccccc1)N1CCN(CCc2ccccc2)c2ccccc2C1. The van der Waals surface area contributed by atoms with E-state index in [1.165, 1.54) is 5.56 Å². The van der Waals surface area contributed by atoms with Crippen molar-refractivity contribution in [2.24, 2.45) is 11.8 Å². The number of carbonyl (C=O) groups is 3. The molecule has 8 heteroatoms. The van der Waals surface area contributed by atoms with E-state index in [9.17, 15) is 14.4 Å². The number of para-hydroxylation sites is 1. The first-order valence-corrected chi connectivity index (χ1v) is 16.6. The molecule has 0 radical (unpaired) electrons. The van der Waals surface area contributed by atoms with Crippen molar-refractivity contribution in [3.8, 4) is 0 Å². The van der Waals surface area contributed by atoms with Crippen molar-refractivity contribution in [1.82, 2.24) is 15.5 Å². The van der Waals surface area contributed by atoms with Gasteiger partial charge in [-0.25, -0.2) is 4.79 Å². The molecule has 0 fully saturated rings. The first-order chi connectivity index (χ1) is 22.2. The number of hydrogen-bond acceptors (Lipinski definition) is 6. The first kappa shape index (κ1) is 34.7. The quantitative estimate of drug-likeness (QED) is 0.205. The van der Waals surface area contributed by atoms with Gasteiger partial charge in [0.15, 0.2) is 5.78 Å². The van der Waals surface area contributed by atoms with Crippen LogP contribution in [0.5, 0.6) is 0 Å². The predicted octanol–water partition coefficient (Wildman–Crippen LogP) is 6.34. The summed E-state index contributed by atoms with van der Waals surface area (Å²) in [6.45, 7) is 11.0. The average molecular weight is 627 g/mol. The lowest BCUT2D eigenvalue weighted by molar-refractivity contribution is -0.133. The number of ether oxygens (including phenoxy) is 1. The van der Waals surface area contributed by atoms with Gasteiger partial charge >= 0.3 is 6.09 Å². The van der Waals surface area contributed by atoms with Crippen LogP contribution in [-0.4, -0.2) is 54.5 Å². The highest BCUT2D eigenvalue weighted by atomic mass is 16.5. The Morgan fingerprint density at radius 2 is 1.43 bits per heavy atom. The van der Waals surface area contributed by atoms with E-state index in [1.807, 2.05) is 56.3 Å². The van der Waals surface area contributed by atoms with E-state index in [2.05, 4.69) is 76.7 Å². The zero-order valence-corrected chi connectivity index (χ0v) is 27.8. The van der Waals surface area contributed by atoms with Gasteiger partial charge in [-0.15, -0.1) is 0 Å². The Morgan fingerprint density at radius 3 is 2.11 bits per heavy atom. The van der Waals surface area contributed by atoms with Gasteiger partial charge in [-0.05, 0) is 53.9 Å². The highest BCUT2D eigenvalue weighted by Crippen LogP contribution is 2.27. The predicted molar refractivity (Wildman–Crippen MR) is 183 cm³/mol. The van der Waals surface area contributed by atoms with Gasteiger partial charge < -0.3 is 20.3 Å². The van der Waals surface area contributed by atoms with E-state index in [0.717, 1.165) is 36.2 Å². The number of Topliss-reactive ketones (excluding diaryl/α,β-unsaturated/α-hetero) is 1. The van der Waals surface area contributed by atoms with Crippen LogP contribution in [0.4, 0.5) is 10.5 Å². The van der Waals surface area contributed by atoms with E-state index in [0.29, 0.717) is 38.4 Å². The molecule has 46 heavy (non-hydrogen) atoms. The maximum absolute atomic E-state index is 13.9. The number of amides is 2. The van der Waals surface area contributed by atoms with Gasteiger partial charge in [-0.3, -0.25) is 14.5 Å². The zero-order valence-electron chi connectivity index (χ0n) is 27.8. The summed E-state index contributed by atoms with van der Waals surface area (Å²) >= 11 is 0. The number of nitrogens with zero attached hydrogens (tertiary/aromatic N) is 2. The van der Waals surface area contributed by atoms with E-state index >= 15 is 0 Å². The van der Waals surface area contributed by atoms with Crippen molar-refractivity contribution >= 4 is 23.5 Å². The number of carbonyl (C=O) groups excluding carboxylic acids is 3. The van der Waals surface area contributed by atoms with E-state index < -0.39 is 18.3 Å². The lowest BCUT2D eigenvalue weighted by Gasteiger charge is -2.32. The summed E-state index contributed by atoms with van der Waals surface area (Å²) in [6, 6.07) is 27.3. The molecule has 1 aliphatic rings. The van der Waals surface area contributed by atoms with E-state index in [1.54, 1.807) is 0 Å². The summed E-state index contributed by atoms with van der Waals surface area (Å²) in [5.41, 5.74) is 4.41. The molecule has 0 saturated heterocycles. The molecular formula is C38H50N4O4. The van der Waals surface area contributed by atoms with Crippen LogP contribution in [-0.2, 0) is 33.9 Å². The maximum Gasteiger partial charge on any atom is 0.408 e. The number of fused-ring (bicyclic) bond motifs is 1. The van der Waals surface area contributed by atoms with E-state index in [4.69, 9.17) is 4.74 Å². The van der Waals surface area contributed by atoms with Crippen molar-refractivity contribution in [2.75, 3.05) is 24.5 Å². The molecule has 1 aliphatic heterocycles. The molecule has 4 rings (SSSR count). The third kappa shape index (κ3) is 10.7. The third-order valence-corrected chi connectivity index (χ3v) is 8.32. The molecule has 246 valence electrons. The summed E-state index contributed by atoms with van der Waals surface area (Å²) in [4.78, 5) is 45.0. The number of nitrogens with one attached hydrogen (secondary N) is 2. The highest BCUT2D eigenvalue weighted by molar-refractivity contribution is 5.92. The van der Waals surface area contributed by atoms with Crippen LogP contribution in [0.2, 0.25) is 0 Å². The minimum Gasteiger partial charge on any atom is -0.445 e. The highest BCUT2D eigenvalue weighted by Gasteiger charge is 2.33. The first-order valence-electron chi connectivity index (χ1n) is 16.6. The van der Waals surface area contributed by atoms with Crippen LogP contribution in [0.3, 0.4) is 0 Å². The smallest absolute Gasteiger partial charge is 0.408 e. The molecule has 2 atom stereocenters. The molecule has 0 bridgehead atoms. The molecule has 0 aromatic heterocycles. The molecule has 2 amide bonds. The fourth-order valence-electron chi connectivity index (χ4n) is 5.77. The molecule has 2 N–H and O–H groups in total. The summed E-state index contributed by atoms with van der Waals surface area (Å²) < 4.78 is 5.43. The van der Waals surface area contributed by atoms with Crippen LogP contribution in [0.15, 0.2) is 84.9 Å². The third-order valence-electron chi connectivity index (χ3n) is 8.32. The average Bonchev–Trinajstić information content (AvgIpc) is 3.24. The molecule has 8 nitrogen and oxygen atoms in total. The lowest BCUT2D eigenvalue weighted by Crippen LogP contribution is -2.58. The van der Waals surface area contributed by atoms with Gasteiger partial charge in [0.2, 0.25) is 5.91 Å². The van der Waals surface area contributed by atoms with Crippen molar-refractivity contribution in [3.63, 3.8) is 0 Å². The zero-order chi connectivity index (χ0) is 32.9. The fourth-order valence-corrected chi connectivity index (χ4v) is 5.77. The van der Waals surface area contributed by atoms with Crippen LogP contribution >= 0.6 is 0 Å². The monoisotopic (exact) mass is 626 g/mol. The minimum absolute atomic E-state index is 0.0211. The Kier molecular flexibility index (Phi) is 13.2. The van der Waals surface area contributed by atoms with Crippen LogP contribution in [0, 0.1) is 11.8 Å². The van der Waals surface area contributed by atoms with Crippen molar-refractivity contribution in [3.05, 3.63) is 102 Å². The number of rotatable bonds is 15. The summed E-state index contributed by atoms with van der Waals surface area (Å²) in [6.07, 6.45) is 0.939. The van der Waals surface area contributed by atoms with Gasteiger partial charge in [0.25, 0.3) is 0 Å². The molecule has 1 unspecified atom stereocenters. The number of ketones is 1. The Bertz CT molecular complexity index is 1400. The molecule has 1 heterocycles. The maximum atomic E-state index is 13.9. The molecule has 3 aromatic carbocycles. The molecule has 3 aromatic rings. The normalized spacial score (nSPS) is 14.7. The minimum atomic E-state index is -0.842. The summed E-state index contributed by atoms with van der Waals surface area (Å²) in [5, 5.41) is 5.85. The Balaban J connectivity index is 1.50. The molecule has 0 spiro atoms. The largest absolute Gasteiger partial charge is 0.445 e. The van der Waals surface area contributed by atoms with Crippen molar-refractivity contribution in [2.45, 2.75) is 78.7 Å². The lowest BCUT2D eigenvalue weighted by atomic mass is 10.0. The van der Waals surface area contributed by atoms with Gasteiger partial charge in [0.1, 0.15) is 18.8 Å². The van der Waals surface area contributed by atoms with Crippen LogP contribution in [0.25, 0.3) is 0 Å². The number of benzene rings is 3. The van der Waals surface area contributed by atoms with E-state index in [-0.39, 0.29) is 24.2 Å². The van der Waals surface area contributed by atoms with Crippen LogP contribution < -0.4 is 15.5 Å². The topological polar surface area (TPSA) is 91.0 Å². The van der Waals surface area contributed by atoms with Gasteiger partial charge in [0, 0.05) is 38.3 Å². The Labute approximate surface area is 274 Å². The summed E-state index contributed by atoms with van der Waals surface area (Å²) in [5.74, 6) is 0.0795. The van der Waals surface area contributed by atoms with Crippen molar-refractivity contribution in [1.29, 1.82) is 0 Å². The number of alkyl carbamates (subject to hydrolysis) is 1. The molecular weight excluding hydrogens is 576 g/mol. The second-order valence-electron chi connectivity index (χ2n) is 13.0. The van der Waals surface area contributed by atoms with Crippen LogP contribution in [0.1, 0.15) is 63.6 Å². The second kappa shape index (κ2) is 17.5. The molecule has 0 aliphatic carbocycles.